The number of fused-ring (bicyclic) bond motifs is 1. The lowest BCUT2D eigenvalue weighted by atomic mass is 9.98. The van der Waals surface area contributed by atoms with Crippen molar-refractivity contribution in [2.75, 3.05) is 26.8 Å². The third-order valence-electron chi connectivity index (χ3n) is 4.53. The summed E-state index contributed by atoms with van der Waals surface area (Å²) in [6.07, 6.45) is 2.78. The minimum atomic E-state index is -0.292. The molecule has 1 aromatic heterocycles. The molecular weight excluding hydrogens is 300 g/mol. The van der Waals surface area contributed by atoms with Crippen LogP contribution in [0.25, 0.3) is 0 Å². The molecule has 1 N–H and O–H groups in total. The lowest BCUT2D eigenvalue weighted by Crippen LogP contribution is -2.48. The van der Waals surface area contributed by atoms with Crippen LogP contribution in [0.1, 0.15) is 24.8 Å². The van der Waals surface area contributed by atoms with Gasteiger partial charge in [-0.2, -0.15) is 11.3 Å². The predicted octanol–water partition coefficient (Wildman–Crippen LogP) is 1.63. The zero-order chi connectivity index (χ0) is 15.4. The van der Waals surface area contributed by atoms with Crippen LogP contribution >= 0.6 is 11.3 Å². The Morgan fingerprint density at radius 2 is 2.41 bits per heavy atom. The summed E-state index contributed by atoms with van der Waals surface area (Å²) in [4.78, 5) is 14.6. The second-order valence-corrected chi connectivity index (χ2v) is 6.76. The summed E-state index contributed by atoms with van der Waals surface area (Å²) in [6, 6.07) is 2.65. The third-order valence-corrected chi connectivity index (χ3v) is 5.26. The van der Waals surface area contributed by atoms with E-state index in [1.165, 1.54) is 5.56 Å². The first kappa shape index (κ1) is 15.9. The van der Waals surface area contributed by atoms with Gasteiger partial charge >= 0.3 is 0 Å². The van der Waals surface area contributed by atoms with E-state index < -0.39 is 0 Å². The summed E-state index contributed by atoms with van der Waals surface area (Å²) in [5.41, 5.74) is 1.38. The molecule has 6 heteroatoms. The standard InChI is InChI=1S/C16H24N2O3S/c1-20-8-6-17-16(19)15-3-2-13-14(21-15)4-7-18(13)10-12-5-9-22-11-12/h5,9,11,13-15H,2-4,6-8,10H2,1H3,(H,17,19)/t13-,14-,15+/m1/s1. The quantitative estimate of drug-likeness (QED) is 0.808. The number of ether oxygens (including phenoxy) is 2. The number of amides is 1. The molecular formula is C16H24N2O3S. The molecule has 22 heavy (non-hydrogen) atoms. The molecule has 0 spiro atoms. The highest BCUT2D eigenvalue weighted by molar-refractivity contribution is 7.07. The van der Waals surface area contributed by atoms with E-state index in [4.69, 9.17) is 9.47 Å². The van der Waals surface area contributed by atoms with Crippen LogP contribution < -0.4 is 5.32 Å². The van der Waals surface area contributed by atoms with Crippen LogP contribution in [-0.2, 0) is 20.8 Å². The molecule has 3 atom stereocenters. The molecule has 2 saturated heterocycles. The van der Waals surface area contributed by atoms with Crippen molar-refractivity contribution < 1.29 is 14.3 Å². The summed E-state index contributed by atoms with van der Waals surface area (Å²) in [6.45, 7) is 3.15. The Balaban J connectivity index is 1.49. The smallest absolute Gasteiger partial charge is 0.249 e. The van der Waals surface area contributed by atoms with E-state index in [0.29, 0.717) is 19.2 Å². The SMILES string of the molecule is COCCNC(=O)[C@@H]1CC[C@@H]2[C@@H](CCN2Cc2ccsc2)O1. The highest BCUT2D eigenvalue weighted by atomic mass is 32.1. The second-order valence-electron chi connectivity index (χ2n) is 5.98. The third kappa shape index (κ3) is 3.68. The van der Waals surface area contributed by atoms with E-state index in [9.17, 15) is 4.79 Å². The average molecular weight is 324 g/mol. The van der Waals surface area contributed by atoms with E-state index >= 15 is 0 Å². The van der Waals surface area contributed by atoms with Crippen LogP contribution in [0.2, 0.25) is 0 Å². The molecule has 0 aliphatic carbocycles. The summed E-state index contributed by atoms with van der Waals surface area (Å²) < 4.78 is 11.0. The van der Waals surface area contributed by atoms with Gasteiger partial charge < -0.3 is 14.8 Å². The fourth-order valence-corrected chi connectivity index (χ4v) is 4.07. The molecule has 0 bridgehead atoms. The Kier molecular flexibility index (Phi) is 5.46. The van der Waals surface area contributed by atoms with Gasteiger partial charge in [0.05, 0.1) is 12.7 Å². The largest absolute Gasteiger partial charge is 0.383 e. The van der Waals surface area contributed by atoms with Gasteiger partial charge in [-0.05, 0) is 41.7 Å². The normalized spacial score (nSPS) is 28.5. The topological polar surface area (TPSA) is 50.8 Å². The number of hydrogen-bond donors (Lipinski definition) is 1. The Bertz CT molecular complexity index is 480. The fourth-order valence-electron chi connectivity index (χ4n) is 3.41. The van der Waals surface area contributed by atoms with E-state index in [2.05, 4.69) is 27.0 Å². The predicted molar refractivity (Wildman–Crippen MR) is 85.9 cm³/mol. The van der Waals surface area contributed by atoms with Crippen molar-refractivity contribution in [3.63, 3.8) is 0 Å². The van der Waals surface area contributed by atoms with Crippen molar-refractivity contribution in [2.45, 2.75) is 44.1 Å². The Morgan fingerprint density at radius 1 is 1.50 bits per heavy atom. The van der Waals surface area contributed by atoms with Crippen LogP contribution in [0.15, 0.2) is 16.8 Å². The monoisotopic (exact) mass is 324 g/mol. The number of carbonyl (C=O) groups is 1. The zero-order valence-electron chi connectivity index (χ0n) is 13.0. The molecule has 2 aliphatic rings. The maximum Gasteiger partial charge on any atom is 0.249 e. The molecule has 3 heterocycles. The van der Waals surface area contributed by atoms with Crippen LogP contribution in [0.4, 0.5) is 0 Å². The molecule has 2 aliphatic heterocycles. The van der Waals surface area contributed by atoms with Gasteiger partial charge in [-0.1, -0.05) is 0 Å². The van der Waals surface area contributed by atoms with Crippen LogP contribution in [0.5, 0.6) is 0 Å². The second kappa shape index (κ2) is 7.55. The molecule has 3 rings (SSSR count). The van der Waals surface area contributed by atoms with Crippen LogP contribution in [0.3, 0.4) is 0 Å². The van der Waals surface area contributed by atoms with E-state index in [1.54, 1.807) is 18.4 Å². The Morgan fingerprint density at radius 3 is 3.18 bits per heavy atom. The molecule has 0 saturated carbocycles. The lowest BCUT2D eigenvalue weighted by Gasteiger charge is -2.35. The molecule has 0 unspecified atom stereocenters. The highest BCUT2D eigenvalue weighted by Crippen LogP contribution is 2.32. The number of nitrogens with zero attached hydrogens (tertiary/aromatic N) is 1. The van der Waals surface area contributed by atoms with Gasteiger partial charge in [-0.25, -0.2) is 0 Å². The average Bonchev–Trinajstić information content (AvgIpc) is 3.18. The summed E-state index contributed by atoms with van der Waals surface area (Å²) in [5, 5.41) is 7.22. The molecule has 1 aromatic rings. The van der Waals surface area contributed by atoms with E-state index in [-0.39, 0.29) is 18.1 Å². The van der Waals surface area contributed by atoms with Gasteiger partial charge in [-0.3, -0.25) is 9.69 Å². The highest BCUT2D eigenvalue weighted by Gasteiger charge is 2.41. The minimum absolute atomic E-state index is 0.00628. The van der Waals surface area contributed by atoms with Crippen LogP contribution in [-0.4, -0.2) is 55.9 Å². The molecule has 2 fully saturated rings. The van der Waals surface area contributed by atoms with Gasteiger partial charge in [-0.15, -0.1) is 0 Å². The number of likely N-dealkylation sites (tertiary alicyclic amines) is 1. The van der Waals surface area contributed by atoms with Gasteiger partial charge in [0.2, 0.25) is 5.91 Å². The first-order chi connectivity index (χ1) is 10.8. The number of nitrogens with one attached hydrogen (secondary N) is 1. The Hall–Kier alpha value is -0.950. The Labute approximate surface area is 135 Å². The summed E-state index contributed by atoms with van der Waals surface area (Å²) in [7, 11) is 1.63. The molecule has 122 valence electrons. The lowest BCUT2D eigenvalue weighted by molar-refractivity contribution is -0.144. The molecule has 0 radical (unpaired) electrons. The number of thiophene rings is 1. The fraction of sp³-hybridized carbons (Fsp3) is 0.688. The summed E-state index contributed by atoms with van der Waals surface area (Å²) >= 11 is 1.74. The van der Waals surface area contributed by atoms with Crippen molar-refractivity contribution >= 4 is 17.2 Å². The van der Waals surface area contributed by atoms with Gasteiger partial charge in [0.25, 0.3) is 0 Å². The summed E-state index contributed by atoms with van der Waals surface area (Å²) in [5.74, 6) is 0.00628. The van der Waals surface area contributed by atoms with Crippen molar-refractivity contribution in [1.82, 2.24) is 10.2 Å². The van der Waals surface area contributed by atoms with Crippen molar-refractivity contribution in [2.24, 2.45) is 0 Å². The van der Waals surface area contributed by atoms with Crippen molar-refractivity contribution in [3.05, 3.63) is 22.4 Å². The van der Waals surface area contributed by atoms with E-state index in [0.717, 1.165) is 32.4 Å². The maximum absolute atomic E-state index is 12.1. The first-order valence-electron chi connectivity index (χ1n) is 7.95. The zero-order valence-corrected chi connectivity index (χ0v) is 13.8. The van der Waals surface area contributed by atoms with E-state index in [1.807, 2.05) is 0 Å². The molecule has 5 nitrogen and oxygen atoms in total. The first-order valence-corrected chi connectivity index (χ1v) is 8.89. The number of rotatable bonds is 6. The van der Waals surface area contributed by atoms with Crippen molar-refractivity contribution in [1.29, 1.82) is 0 Å². The number of carbonyl (C=O) groups excluding carboxylic acids is 1. The molecule has 1 amide bonds. The van der Waals surface area contributed by atoms with Gasteiger partial charge in [0.1, 0.15) is 6.10 Å². The number of methoxy groups -OCH3 is 1. The maximum atomic E-state index is 12.1. The molecule has 0 aromatic carbocycles. The van der Waals surface area contributed by atoms with Crippen LogP contribution in [0, 0.1) is 0 Å². The minimum Gasteiger partial charge on any atom is -0.383 e. The number of hydrogen-bond acceptors (Lipinski definition) is 5. The van der Waals surface area contributed by atoms with Crippen molar-refractivity contribution in [3.8, 4) is 0 Å². The van der Waals surface area contributed by atoms with Gasteiger partial charge in [0, 0.05) is 32.8 Å². The van der Waals surface area contributed by atoms with Gasteiger partial charge in [0.15, 0.2) is 0 Å².